The lowest BCUT2D eigenvalue weighted by Gasteiger charge is -2.59. The quantitative estimate of drug-likeness (QED) is 0.453. The van der Waals surface area contributed by atoms with E-state index in [0.29, 0.717) is 45.6 Å². The summed E-state index contributed by atoms with van der Waals surface area (Å²) in [4.78, 5) is 15.6. The number of rotatable bonds is 5. The molecule has 6 unspecified atom stereocenters. The predicted molar refractivity (Wildman–Crippen MR) is 136 cm³/mol. The van der Waals surface area contributed by atoms with Gasteiger partial charge in [0.15, 0.2) is 0 Å². The first-order valence-corrected chi connectivity index (χ1v) is 13.3. The fourth-order valence-corrected chi connectivity index (χ4v) is 7.29. The molecule has 0 bridgehead atoms. The molecule has 2 aliphatic carbocycles. The van der Waals surface area contributed by atoms with E-state index >= 15 is 0 Å². The van der Waals surface area contributed by atoms with Crippen LogP contribution in [0.25, 0.3) is 0 Å². The molecule has 2 saturated carbocycles. The van der Waals surface area contributed by atoms with Gasteiger partial charge in [0, 0.05) is 6.04 Å². The average Bonchev–Trinajstić information content (AvgIpc) is 2.69. The number of hydrogen-bond acceptors (Lipinski definition) is 1. The Hall–Kier alpha value is -0.930. The summed E-state index contributed by atoms with van der Waals surface area (Å²) in [6.07, 6.45) is 6.54. The molecule has 0 radical (unpaired) electrons. The van der Waals surface area contributed by atoms with Crippen LogP contribution in [0.1, 0.15) is 85.6 Å². The first kappa shape index (κ1) is 25.7. The van der Waals surface area contributed by atoms with Gasteiger partial charge < -0.3 is 10.6 Å². The van der Waals surface area contributed by atoms with Crippen LogP contribution in [-0.4, -0.2) is 17.0 Å². The number of nitrogens with zero attached hydrogens (tertiary/aromatic N) is 1. The maximum atomic E-state index is 13.5. The molecule has 3 rings (SSSR count). The van der Waals surface area contributed by atoms with Crippen molar-refractivity contribution in [1.82, 2.24) is 4.90 Å². The van der Waals surface area contributed by atoms with Crippen molar-refractivity contribution in [2.45, 2.75) is 91.6 Å². The minimum absolute atomic E-state index is 0.136. The first-order chi connectivity index (χ1) is 15.0. The van der Waals surface area contributed by atoms with Crippen molar-refractivity contribution in [2.75, 3.05) is 0 Å². The van der Waals surface area contributed by atoms with E-state index in [1.54, 1.807) is 0 Å². The Bertz CT molecular complexity index is 811. The van der Waals surface area contributed by atoms with Crippen LogP contribution in [0.3, 0.4) is 0 Å². The van der Waals surface area contributed by atoms with E-state index in [9.17, 15) is 4.79 Å². The van der Waals surface area contributed by atoms with Gasteiger partial charge in [-0.1, -0.05) is 83.7 Å². The molecule has 1 aromatic carbocycles. The number of carbonyl (C=O) groups excluding carboxylic acids is 1. The van der Waals surface area contributed by atoms with Crippen LogP contribution < -0.4 is 5.73 Å². The Morgan fingerprint density at radius 2 is 1.66 bits per heavy atom. The van der Waals surface area contributed by atoms with E-state index in [0.717, 1.165) is 31.2 Å². The van der Waals surface area contributed by atoms with Crippen LogP contribution >= 0.6 is 23.2 Å². The molecule has 0 aromatic heterocycles. The summed E-state index contributed by atoms with van der Waals surface area (Å²) >= 11 is 12.9. The van der Waals surface area contributed by atoms with Crippen LogP contribution in [0.4, 0.5) is 4.79 Å². The average molecular weight is 482 g/mol. The number of halogens is 2. The van der Waals surface area contributed by atoms with Gasteiger partial charge in [-0.3, -0.25) is 0 Å². The second-order valence-electron chi connectivity index (χ2n) is 11.4. The minimum Gasteiger partial charge on any atom is -0.351 e. The molecule has 5 heteroatoms. The molecule has 2 N–H and O–H groups in total. The lowest BCUT2D eigenvalue weighted by atomic mass is 9.60. The van der Waals surface area contributed by atoms with Crippen LogP contribution in [0.2, 0.25) is 10.0 Å². The van der Waals surface area contributed by atoms with Gasteiger partial charge in [-0.25, -0.2) is 4.79 Å². The zero-order valence-electron chi connectivity index (χ0n) is 20.7. The monoisotopic (exact) mass is 480 g/mol. The highest BCUT2D eigenvalue weighted by Gasteiger charge is 2.54. The summed E-state index contributed by atoms with van der Waals surface area (Å²) in [5, 5.41) is 1.10. The third kappa shape index (κ3) is 4.80. The molecule has 0 aliphatic heterocycles. The Morgan fingerprint density at radius 1 is 1.00 bits per heavy atom. The molecule has 3 nitrogen and oxygen atoms in total. The van der Waals surface area contributed by atoms with Crippen molar-refractivity contribution in [2.24, 2.45) is 41.2 Å². The Kier molecular flexibility index (Phi) is 8.14. The number of nitrogens with two attached hydrogens (primary N) is 1. The van der Waals surface area contributed by atoms with Gasteiger partial charge in [0.2, 0.25) is 0 Å². The van der Waals surface area contributed by atoms with Gasteiger partial charge in [-0.05, 0) is 78.9 Å². The molecular weight excluding hydrogens is 439 g/mol. The summed E-state index contributed by atoms with van der Waals surface area (Å²) in [5.41, 5.74) is 6.96. The van der Waals surface area contributed by atoms with E-state index in [1.165, 1.54) is 12.8 Å². The third-order valence-electron chi connectivity index (χ3n) is 8.45. The topological polar surface area (TPSA) is 46.3 Å². The number of urea groups is 1. The SMILES string of the molecule is CC1CCC(C(C)C)C(N(C(N)=O)C2(c3ccc(Cl)c(Cl)c3)CC(C)CCC2C(C)C)C1. The zero-order chi connectivity index (χ0) is 23.8. The van der Waals surface area contributed by atoms with Gasteiger partial charge in [0.1, 0.15) is 0 Å². The summed E-state index contributed by atoms with van der Waals surface area (Å²) in [6, 6.07) is 5.83. The van der Waals surface area contributed by atoms with Crippen LogP contribution in [0.5, 0.6) is 0 Å². The fraction of sp³-hybridized carbons (Fsp3) is 0.741. The number of benzene rings is 1. The summed E-state index contributed by atoms with van der Waals surface area (Å²) in [7, 11) is 0. The zero-order valence-corrected chi connectivity index (χ0v) is 22.2. The second kappa shape index (κ2) is 10.1. The molecule has 0 saturated heterocycles. The van der Waals surface area contributed by atoms with E-state index in [2.05, 4.69) is 52.5 Å². The lowest BCUT2D eigenvalue weighted by molar-refractivity contribution is -0.0644. The van der Waals surface area contributed by atoms with E-state index < -0.39 is 5.54 Å². The molecule has 1 aromatic rings. The van der Waals surface area contributed by atoms with Gasteiger partial charge in [-0.15, -0.1) is 0 Å². The molecule has 0 spiro atoms. The molecule has 0 heterocycles. The lowest BCUT2D eigenvalue weighted by Crippen LogP contribution is -2.64. The number of amides is 2. The van der Waals surface area contributed by atoms with Crippen LogP contribution in [-0.2, 0) is 5.54 Å². The largest absolute Gasteiger partial charge is 0.351 e. The minimum atomic E-state index is -0.471. The highest BCUT2D eigenvalue weighted by atomic mass is 35.5. The Morgan fingerprint density at radius 3 is 2.22 bits per heavy atom. The third-order valence-corrected chi connectivity index (χ3v) is 9.19. The Labute approximate surface area is 205 Å². The number of carbonyl (C=O) groups is 1. The van der Waals surface area contributed by atoms with Crippen molar-refractivity contribution >= 4 is 29.2 Å². The van der Waals surface area contributed by atoms with Crippen molar-refractivity contribution < 1.29 is 4.79 Å². The molecule has 180 valence electrons. The molecular formula is C27H42Cl2N2O. The van der Waals surface area contributed by atoms with Gasteiger partial charge in [0.25, 0.3) is 0 Å². The van der Waals surface area contributed by atoms with Crippen molar-refractivity contribution in [1.29, 1.82) is 0 Å². The van der Waals surface area contributed by atoms with Crippen LogP contribution in [0, 0.1) is 35.5 Å². The maximum absolute atomic E-state index is 13.5. The smallest absolute Gasteiger partial charge is 0.315 e. The van der Waals surface area contributed by atoms with Gasteiger partial charge >= 0.3 is 6.03 Å². The van der Waals surface area contributed by atoms with E-state index in [4.69, 9.17) is 28.9 Å². The van der Waals surface area contributed by atoms with E-state index in [1.807, 2.05) is 12.1 Å². The number of primary amides is 1. The van der Waals surface area contributed by atoms with Gasteiger partial charge in [0.05, 0.1) is 15.6 Å². The van der Waals surface area contributed by atoms with Gasteiger partial charge in [-0.2, -0.15) is 0 Å². The van der Waals surface area contributed by atoms with E-state index in [-0.39, 0.29) is 12.1 Å². The summed E-state index contributed by atoms with van der Waals surface area (Å²) in [5.74, 6) is 2.76. The molecule has 6 atom stereocenters. The second-order valence-corrected chi connectivity index (χ2v) is 12.2. The maximum Gasteiger partial charge on any atom is 0.315 e. The molecule has 2 aliphatic rings. The first-order valence-electron chi connectivity index (χ1n) is 12.5. The highest BCUT2D eigenvalue weighted by molar-refractivity contribution is 6.42. The highest BCUT2D eigenvalue weighted by Crippen LogP contribution is 2.54. The fourth-order valence-electron chi connectivity index (χ4n) is 6.99. The molecule has 2 fully saturated rings. The normalized spacial score (nSPS) is 33.5. The standard InChI is InChI=1S/C27H42Cl2N2O/c1-16(2)21-10-7-18(5)13-25(21)31(26(30)32)27(20-9-12-23(28)24(29)14-20)15-19(6)8-11-22(27)17(3)4/h9,12,14,16-19,21-22,25H,7-8,10-11,13,15H2,1-6H3,(H2,30,32). The predicted octanol–water partition coefficient (Wildman–Crippen LogP) is 8.12. The van der Waals surface area contributed by atoms with Crippen molar-refractivity contribution in [3.05, 3.63) is 33.8 Å². The van der Waals surface area contributed by atoms with Crippen molar-refractivity contribution in [3.8, 4) is 0 Å². The molecule has 2 amide bonds. The summed E-state index contributed by atoms with van der Waals surface area (Å²) in [6.45, 7) is 13.8. The molecule has 32 heavy (non-hydrogen) atoms. The van der Waals surface area contributed by atoms with Crippen molar-refractivity contribution in [3.63, 3.8) is 0 Å². The number of hydrogen-bond donors (Lipinski definition) is 1. The summed E-state index contributed by atoms with van der Waals surface area (Å²) < 4.78 is 0. The van der Waals surface area contributed by atoms with Crippen LogP contribution in [0.15, 0.2) is 18.2 Å². The Balaban J connectivity index is 2.27.